The van der Waals surface area contributed by atoms with Gasteiger partial charge in [0.15, 0.2) is 0 Å². The Morgan fingerprint density at radius 3 is 1.48 bits per heavy atom. The molecular weight excluding hydrogens is 772 g/mol. The first-order chi connectivity index (χ1) is 30.5. The maximum Gasteiger partial charge on any atom is 0.219 e. The molecule has 5 heterocycles. The maximum atomic E-state index is 8.40. The Balaban J connectivity index is 1.19. The van der Waals surface area contributed by atoms with Crippen molar-refractivity contribution < 1.29 is 13.6 Å². The first-order valence-corrected chi connectivity index (χ1v) is 22.1. The zero-order valence-electron chi connectivity index (χ0n) is 38.6. The lowest BCUT2D eigenvalue weighted by Gasteiger charge is -2.21. The highest BCUT2D eigenvalue weighted by Crippen LogP contribution is 2.59. The molecule has 8 nitrogen and oxygen atoms in total. The van der Waals surface area contributed by atoms with Gasteiger partial charge in [-0.15, -0.1) is 0 Å². The molecule has 0 spiro atoms. The molecule has 10 rings (SSSR count). The van der Waals surface area contributed by atoms with E-state index in [1.165, 1.54) is 21.4 Å². The molecule has 0 radical (unpaired) electrons. The number of hydrogen-bond acceptors (Lipinski definition) is 8. The van der Waals surface area contributed by atoms with Gasteiger partial charge >= 0.3 is 0 Å². The van der Waals surface area contributed by atoms with Crippen LogP contribution in [0.2, 0.25) is 0 Å². The van der Waals surface area contributed by atoms with E-state index in [9.17, 15) is 0 Å². The summed E-state index contributed by atoms with van der Waals surface area (Å²) >= 11 is 0. The number of hydrogen-bond donors (Lipinski definition) is 0. The molecule has 0 bridgehead atoms. The van der Waals surface area contributed by atoms with Gasteiger partial charge in [-0.3, -0.25) is 0 Å². The smallest absolute Gasteiger partial charge is 0.219 e. The minimum atomic E-state index is -2.30. The lowest BCUT2D eigenvalue weighted by molar-refractivity contribution is 0.439. The Morgan fingerprint density at radius 1 is 0.541 bits per heavy atom. The number of rotatable bonds is 7. The van der Waals surface area contributed by atoms with Crippen LogP contribution in [-0.4, -0.2) is 37.3 Å². The van der Waals surface area contributed by atoms with Gasteiger partial charge in [0.1, 0.15) is 11.5 Å². The standard InChI is InChI=1S/C52H51N6O2P/c1-51(2,3)34-21-23-53-49(25-34)59-38-29-39(60-50-26-35(22-24-54-50)52(4,5)6)31-40(30-38)61-47-27-36(57-32-55(7)43-13-9-11-15-45(43)57)17-19-41(47)42-20-18-37(28-48(42)61)58-33-56(8)44-14-10-12-16-46(44)58/h9-31H,32-33H2,1-8H3/i7D3. The predicted molar refractivity (Wildman–Crippen MR) is 255 cm³/mol. The van der Waals surface area contributed by atoms with Crippen LogP contribution in [0.5, 0.6) is 23.3 Å². The molecular formula is C52H51N6O2P. The quantitative estimate of drug-likeness (QED) is 0.157. The summed E-state index contributed by atoms with van der Waals surface area (Å²) < 4.78 is 38.6. The van der Waals surface area contributed by atoms with E-state index >= 15 is 0 Å². The SMILES string of the molecule is [2H]C([2H])([2H])N1CN(c2ccc3c4ccc(N5CN(C)c6ccccc65)cc4p(-c4cc(Oc5cc(C(C)(C)C)ccn5)cc(Oc5cc(C(C)(C)C)ccn5)c4)c3c2)c2ccccc21. The number of fused-ring (bicyclic) bond motifs is 5. The Labute approximate surface area is 363 Å². The van der Waals surface area contributed by atoms with Crippen molar-refractivity contribution in [2.24, 2.45) is 0 Å². The molecule has 1 unspecified atom stereocenters. The maximum absolute atomic E-state index is 8.40. The molecule has 3 aromatic heterocycles. The van der Waals surface area contributed by atoms with Gasteiger partial charge in [0.2, 0.25) is 11.8 Å². The van der Waals surface area contributed by atoms with E-state index in [2.05, 4.69) is 146 Å². The third-order valence-electron chi connectivity index (χ3n) is 11.8. The summed E-state index contributed by atoms with van der Waals surface area (Å²) in [7, 11) is 0.894. The number of nitrogens with zero attached hydrogens (tertiary/aromatic N) is 6. The fraction of sp³-hybridized carbons (Fsp3) is 0.231. The number of anilines is 6. The van der Waals surface area contributed by atoms with Crippen LogP contribution in [-0.2, 0) is 10.8 Å². The molecule has 0 saturated carbocycles. The second-order valence-electron chi connectivity index (χ2n) is 18.1. The molecule has 0 amide bonds. The average Bonchev–Trinajstić information content (AvgIpc) is 3.92. The summed E-state index contributed by atoms with van der Waals surface area (Å²) in [6, 6.07) is 44.0. The molecule has 0 aliphatic carbocycles. The minimum Gasteiger partial charge on any atom is -0.439 e. The third-order valence-corrected chi connectivity index (χ3v) is 14.3. The first-order valence-electron chi connectivity index (χ1n) is 22.2. The zero-order chi connectivity index (χ0) is 44.7. The minimum absolute atomic E-state index is 0.0993. The van der Waals surface area contributed by atoms with Gasteiger partial charge in [-0.25, -0.2) is 9.97 Å². The van der Waals surface area contributed by atoms with Gasteiger partial charge in [-0.2, -0.15) is 0 Å². The average molecular weight is 826 g/mol. The van der Waals surface area contributed by atoms with Crippen molar-refractivity contribution >= 4 is 62.7 Å². The van der Waals surface area contributed by atoms with Gasteiger partial charge in [-0.1, -0.05) is 85.5 Å². The zero-order valence-corrected chi connectivity index (χ0v) is 36.5. The van der Waals surface area contributed by atoms with E-state index < -0.39 is 14.5 Å². The summed E-state index contributed by atoms with van der Waals surface area (Å²) in [6.45, 7) is 11.7. The van der Waals surface area contributed by atoms with Crippen molar-refractivity contribution in [3.05, 3.63) is 151 Å². The van der Waals surface area contributed by atoms with Crippen LogP contribution in [0.4, 0.5) is 34.1 Å². The van der Waals surface area contributed by atoms with Gasteiger partial charge in [-0.05, 0) is 106 Å². The Morgan fingerprint density at radius 2 is 1.00 bits per heavy atom. The first kappa shape index (κ1) is 35.3. The lowest BCUT2D eigenvalue weighted by atomic mass is 9.88. The summed E-state index contributed by atoms with van der Waals surface area (Å²) in [6.07, 6.45) is 3.60. The Kier molecular flexibility index (Phi) is 8.44. The van der Waals surface area contributed by atoms with Crippen molar-refractivity contribution in [2.75, 3.05) is 47.0 Å². The van der Waals surface area contributed by atoms with Crippen LogP contribution in [0.25, 0.3) is 26.3 Å². The summed E-state index contributed by atoms with van der Waals surface area (Å²) in [4.78, 5) is 17.6. The highest BCUT2D eigenvalue weighted by atomic mass is 31.1. The topological polar surface area (TPSA) is 57.2 Å². The van der Waals surface area contributed by atoms with E-state index in [1.807, 2.05) is 54.6 Å². The van der Waals surface area contributed by atoms with E-state index in [0.717, 1.165) is 56.1 Å². The van der Waals surface area contributed by atoms with Crippen LogP contribution in [0.15, 0.2) is 140 Å². The fourth-order valence-corrected chi connectivity index (χ4v) is 11.3. The van der Waals surface area contributed by atoms with Gasteiger partial charge < -0.3 is 29.1 Å². The van der Waals surface area contributed by atoms with E-state index in [1.54, 1.807) is 12.4 Å². The number of pyridine rings is 2. The summed E-state index contributed by atoms with van der Waals surface area (Å²) in [5.41, 5.74) is 7.96. The van der Waals surface area contributed by atoms with Gasteiger partial charge in [0.25, 0.3) is 0 Å². The molecule has 61 heavy (non-hydrogen) atoms. The molecule has 2 aliphatic heterocycles. The van der Waals surface area contributed by atoms with Crippen molar-refractivity contribution in [2.45, 2.75) is 52.4 Å². The number of para-hydroxylation sites is 4. The molecule has 5 aromatic carbocycles. The van der Waals surface area contributed by atoms with Gasteiger partial charge in [0.05, 0.1) is 36.1 Å². The van der Waals surface area contributed by atoms with Crippen LogP contribution in [0, 0.1) is 0 Å². The number of aromatic nitrogens is 2. The predicted octanol–water partition coefficient (Wildman–Crippen LogP) is 14.0. The van der Waals surface area contributed by atoms with Crippen molar-refractivity contribution in [1.29, 1.82) is 0 Å². The van der Waals surface area contributed by atoms with Crippen molar-refractivity contribution in [3.63, 3.8) is 0 Å². The molecule has 0 N–H and O–H groups in total. The monoisotopic (exact) mass is 825 g/mol. The largest absolute Gasteiger partial charge is 0.439 e. The summed E-state index contributed by atoms with van der Waals surface area (Å²) in [5.74, 6) is 2.19. The van der Waals surface area contributed by atoms with E-state index in [4.69, 9.17) is 13.6 Å². The highest BCUT2D eigenvalue weighted by molar-refractivity contribution is 7.68. The number of ether oxygens (including phenoxy) is 2. The molecule has 8 aromatic rings. The second kappa shape index (κ2) is 14.6. The molecule has 0 fully saturated rings. The van der Waals surface area contributed by atoms with E-state index in [0.29, 0.717) is 28.9 Å². The molecule has 306 valence electrons. The Hall–Kier alpha value is -6.50. The third kappa shape index (κ3) is 7.09. The molecule has 1 atom stereocenters. The van der Waals surface area contributed by atoms with E-state index in [-0.39, 0.29) is 17.5 Å². The molecule has 2 aliphatic rings. The number of benzene rings is 5. The highest BCUT2D eigenvalue weighted by Gasteiger charge is 2.28. The second-order valence-corrected chi connectivity index (χ2v) is 20.3. The van der Waals surface area contributed by atoms with Crippen LogP contribution < -0.4 is 29.1 Å². The summed E-state index contributed by atoms with van der Waals surface area (Å²) in [5, 5.41) is 5.70. The van der Waals surface area contributed by atoms with Crippen molar-refractivity contribution in [1.82, 2.24) is 9.97 Å². The van der Waals surface area contributed by atoms with Gasteiger partial charge in [0, 0.05) is 75.6 Å². The fourth-order valence-electron chi connectivity index (χ4n) is 8.55. The molecule has 9 heteroatoms. The Bertz CT molecular complexity index is 3020. The molecule has 0 saturated heterocycles. The van der Waals surface area contributed by atoms with Crippen LogP contribution in [0.1, 0.15) is 56.8 Å². The van der Waals surface area contributed by atoms with Crippen molar-refractivity contribution in [3.8, 4) is 28.6 Å². The normalized spacial score (nSPS) is 15.2. The van der Waals surface area contributed by atoms with Crippen LogP contribution >= 0.6 is 7.53 Å². The lowest BCUT2D eigenvalue weighted by Crippen LogP contribution is -2.23. The van der Waals surface area contributed by atoms with Crippen LogP contribution in [0.3, 0.4) is 0 Å².